The number of methoxy groups -OCH3 is 1. The first-order valence-corrected chi connectivity index (χ1v) is 11.0. The fraction of sp³-hybridized carbons (Fsp3) is 0.333. The van der Waals surface area contributed by atoms with Crippen molar-refractivity contribution in [1.29, 1.82) is 0 Å². The monoisotopic (exact) mass is 473 g/mol. The minimum atomic E-state index is -1.32. The van der Waals surface area contributed by atoms with Gasteiger partial charge < -0.3 is 26.1 Å². The molecule has 2 amide bonds. The Morgan fingerprint density at radius 1 is 1.50 bits per heavy atom. The van der Waals surface area contributed by atoms with Crippen LogP contribution in [0.15, 0.2) is 21.1 Å². The fourth-order valence-electron chi connectivity index (χ4n) is 2.73. The average Bonchev–Trinajstić information content (AvgIpc) is 3.15. The maximum absolute atomic E-state index is 12.6. The van der Waals surface area contributed by atoms with E-state index in [1.807, 2.05) is 0 Å². The number of nitrogens with zero attached hydrogens (tertiary/aromatic N) is 3. The Morgan fingerprint density at radius 2 is 2.23 bits per heavy atom. The van der Waals surface area contributed by atoms with Crippen LogP contribution >= 0.6 is 34.9 Å². The summed E-state index contributed by atoms with van der Waals surface area (Å²) in [6, 6.07) is -1.02. The number of hydrogen-bond acceptors (Lipinski definition) is 12. The number of aromatic nitrogens is 1. The van der Waals surface area contributed by atoms with E-state index in [9.17, 15) is 24.3 Å². The number of β-lactam (4-membered cyclic amide) rings is 1. The van der Waals surface area contributed by atoms with E-state index in [1.165, 1.54) is 24.3 Å². The molecule has 30 heavy (non-hydrogen) atoms. The van der Waals surface area contributed by atoms with E-state index >= 15 is 0 Å². The number of carbonyl (C=O) groups is 4. The molecule has 12 nitrogen and oxygen atoms in total. The van der Waals surface area contributed by atoms with Gasteiger partial charge >= 0.3 is 11.9 Å². The molecule has 3 heterocycles. The van der Waals surface area contributed by atoms with Gasteiger partial charge in [0.2, 0.25) is 0 Å². The number of amides is 2. The second-order valence-corrected chi connectivity index (χ2v) is 8.89. The van der Waals surface area contributed by atoms with Crippen LogP contribution < -0.4 is 11.1 Å². The number of esters is 1. The number of nitrogens with one attached hydrogen (secondary N) is 1. The summed E-state index contributed by atoms with van der Waals surface area (Å²) in [5.41, 5.74) is 4.91. The van der Waals surface area contributed by atoms with Gasteiger partial charge in [0.05, 0.1) is 12.9 Å². The quantitative estimate of drug-likeness (QED) is 0.132. The Hall–Kier alpha value is -2.78. The summed E-state index contributed by atoms with van der Waals surface area (Å²) >= 11 is 3.26. The lowest BCUT2D eigenvalue weighted by Crippen LogP contribution is -2.71. The average molecular weight is 474 g/mol. The Balaban J connectivity index is 1.74. The van der Waals surface area contributed by atoms with Gasteiger partial charge in [0, 0.05) is 16.0 Å². The molecular formula is C15H15N5O7S3. The van der Waals surface area contributed by atoms with Gasteiger partial charge in [0.25, 0.3) is 11.8 Å². The third-order valence-corrected chi connectivity index (χ3v) is 7.30. The third kappa shape index (κ3) is 4.08. The standard InChI is InChI=1S/C15H15N5O7S3/c1-27-7(21)4-28-6-3-29-13-9(12(23)20(13)10(6)14(24)25)18-11(22)8(19-26)5-2-30-15(16)17-5/h2,9,13,26H,3-4H2,1H3,(H2,16,17)(H,18,22)(H,24,25)/b19-8+/t9-,13-/m1/s1. The number of nitrogen functional groups attached to an aromatic ring is 1. The molecular weight excluding hydrogens is 458 g/mol. The number of oxime groups is 1. The zero-order chi connectivity index (χ0) is 22.0. The first-order chi connectivity index (χ1) is 14.3. The molecule has 1 saturated heterocycles. The number of rotatable bonds is 7. The van der Waals surface area contributed by atoms with Gasteiger partial charge in [0.15, 0.2) is 10.8 Å². The summed E-state index contributed by atoms with van der Waals surface area (Å²) in [6.07, 6.45) is 0. The maximum atomic E-state index is 12.6. The molecule has 0 saturated carbocycles. The first-order valence-electron chi connectivity index (χ1n) is 8.13. The number of fused-ring (bicyclic) bond motifs is 1. The van der Waals surface area contributed by atoms with Gasteiger partial charge in [0.1, 0.15) is 22.8 Å². The second kappa shape index (κ2) is 8.93. The van der Waals surface area contributed by atoms with Crippen molar-refractivity contribution in [2.75, 3.05) is 24.3 Å². The van der Waals surface area contributed by atoms with Gasteiger partial charge in [-0.25, -0.2) is 9.78 Å². The number of carboxylic acids is 1. The number of nitrogens with two attached hydrogens (primary N) is 1. The lowest BCUT2D eigenvalue weighted by atomic mass is 10.0. The molecule has 1 fully saturated rings. The molecule has 2 atom stereocenters. The first kappa shape index (κ1) is 21.9. The molecule has 0 spiro atoms. The molecule has 1 aromatic heterocycles. The number of carboxylic acid groups (broad SMARTS) is 1. The minimum absolute atomic E-state index is 0.0463. The van der Waals surface area contributed by atoms with Crippen molar-refractivity contribution in [2.45, 2.75) is 11.4 Å². The zero-order valence-electron chi connectivity index (χ0n) is 15.2. The molecule has 1 aromatic rings. The second-order valence-electron chi connectivity index (χ2n) is 5.82. The summed E-state index contributed by atoms with van der Waals surface area (Å²) in [6.45, 7) is 0. The Bertz CT molecular complexity index is 976. The molecule has 2 aliphatic heterocycles. The number of anilines is 1. The van der Waals surface area contributed by atoms with Crippen molar-refractivity contribution >= 4 is 69.5 Å². The topological polar surface area (TPSA) is 185 Å². The zero-order valence-corrected chi connectivity index (χ0v) is 17.7. The summed E-state index contributed by atoms with van der Waals surface area (Å²) < 4.78 is 4.54. The van der Waals surface area contributed by atoms with E-state index in [2.05, 4.69) is 20.2 Å². The van der Waals surface area contributed by atoms with Crippen LogP contribution in [0.5, 0.6) is 0 Å². The summed E-state index contributed by atoms with van der Waals surface area (Å²) in [4.78, 5) is 53.4. The molecule has 0 aliphatic carbocycles. The molecule has 2 aliphatic rings. The SMILES string of the molecule is COC(=O)CSC1=C(C(=O)O)N2C(=O)[C@@H](NC(=O)/C(=N/O)c3csc(N)n3)[C@H]2SC1. The van der Waals surface area contributed by atoms with Crippen LogP contribution in [0.25, 0.3) is 0 Å². The van der Waals surface area contributed by atoms with Gasteiger partial charge in [-0.15, -0.1) is 34.9 Å². The van der Waals surface area contributed by atoms with Crippen LogP contribution in [0.1, 0.15) is 5.69 Å². The highest BCUT2D eigenvalue weighted by atomic mass is 32.2. The van der Waals surface area contributed by atoms with Crippen molar-refractivity contribution in [1.82, 2.24) is 15.2 Å². The molecule has 160 valence electrons. The van der Waals surface area contributed by atoms with E-state index in [0.29, 0.717) is 4.91 Å². The molecule has 5 N–H and O–H groups in total. The van der Waals surface area contributed by atoms with E-state index in [-0.39, 0.29) is 28.0 Å². The molecule has 0 bridgehead atoms. The normalized spacial score (nSPS) is 21.0. The summed E-state index contributed by atoms with van der Waals surface area (Å²) in [5.74, 6) is -3.20. The highest BCUT2D eigenvalue weighted by Crippen LogP contribution is 2.43. The molecule has 15 heteroatoms. The van der Waals surface area contributed by atoms with E-state index < -0.39 is 40.9 Å². The van der Waals surface area contributed by atoms with Crippen LogP contribution in [0.4, 0.5) is 5.13 Å². The smallest absolute Gasteiger partial charge is 0.353 e. The number of thiazole rings is 1. The number of ether oxygens (including phenoxy) is 1. The van der Waals surface area contributed by atoms with Crippen LogP contribution in [0.3, 0.4) is 0 Å². The van der Waals surface area contributed by atoms with Gasteiger partial charge in [-0.1, -0.05) is 5.16 Å². The van der Waals surface area contributed by atoms with Gasteiger partial charge in [-0.3, -0.25) is 19.3 Å². The third-order valence-electron chi connectivity index (χ3n) is 4.09. The van der Waals surface area contributed by atoms with Crippen molar-refractivity contribution in [3.63, 3.8) is 0 Å². The van der Waals surface area contributed by atoms with Crippen molar-refractivity contribution in [2.24, 2.45) is 5.16 Å². The predicted molar refractivity (Wildman–Crippen MR) is 109 cm³/mol. The Labute approximate surface area is 181 Å². The van der Waals surface area contributed by atoms with Crippen molar-refractivity contribution in [3.05, 3.63) is 21.7 Å². The highest BCUT2D eigenvalue weighted by Gasteiger charge is 2.54. The van der Waals surface area contributed by atoms with E-state index in [4.69, 9.17) is 10.9 Å². The fourth-order valence-corrected chi connectivity index (χ4v) is 5.74. The summed E-state index contributed by atoms with van der Waals surface area (Å²) in [7, 11) is 1.22. The van der Waals surface area contributed by atoms with Crippen LogP contribution in [-0.4, -0.2) is 79.7 Å². The molecule has 0 unspecified atom stereocenters. The number of hydrogen-bond donors (Lipinski definition) is 4. The van der Waals surface area contributed by atoms with Crippen molar-refractivity contribution < 1.29 is 34.2 Å². The summed E-state index contributed by atoms with van der Waals surface area (Å²) in [5, 5.41) is 25.0. The number of carbonyl (C=O) groups excluding carboxylic acids is 3. The number of aliphatic carboxylic acids is 1. The largest absolute Gasteiger partial charge is 0.477 e. The predicted octanol–water partition coefficient (Wildman–Crippen LogP) is -0.494. The van der Waals surface area contributed by atoms with Gasteiger partial charge in [-0.2, -0.15) is 0 Å². The lowest BCUT2D eigenvalue weighted by molar-refractivity contribution is -0.150. The highest BCUT2D eigenvalue weighted by molar-refractivity contribution is 8.06. The Kier molecular flexibility index (Phi) is 6.52. The van der Waals surface area contributed by atoms with Crippen LogP contribution in [-0.2, 0) is 23.9 Å². The van der Waals surface area contributed by atoms with Crippen LogP contribution in [0.2, 0.25) is 0 Å². The number of thioether (sulfide) groups is 2. The maximum Gasteiger partial charge on any atom is 0.353 e. The van der Waals surface area contributed by atoms with E-state index in [0.717, 1.165) is 28.0 Å². The van der Waals surface area contributed by atoms with Crippen LogP contribution in [0, 0.1) is 0 Å². The molecule has 0 aromatic carbocycles. The van der Waals surface area contributed by atoms with Crippen molar-refractivity contribution in [3.8, 4) is 0 Å². The van der Waals surface area contributed by atoms with Gasteiger partial charge in [-0.05, 0) is 0 Å². The Morgan fingerprint density at radius 3 is 2.80 bits per heavy atom. The molecule has 3 rings (SSSR count). The molecule has 0 radical (unpaired) electrons. The van der Waals surface area contributed by atoms with E-state index in [1.54, 1.807) is 0 Å². The lowest BCUT2D eigenvalue weighted by Gasteiger charge is -2.49. The minimum Gasteiger partial charge on any atom is -0.477 e.